The van der Waals surface area contributed by atoms with Crippen molar-refractivity contribution in [3.05, 3.63) is 58.6 Å². The number of nitrogens with zero attached hydrogens (tertiary/aromatic N) is 1. The molecule has 2 aromatic rings. The summed E-state index contributed by atoms with van der Waals surface area (Å²) >= 11 is 0. The lowest BCUT2D eigenvalue weighted by Gasteiger charge is -2.15. The Kier molecular flexibility index (Phi) is 7.51. The average molecular weight is 422 g/mol. The molecule has 0 aliphatic rings. The number of carbonyl (C=O) groups excluding carboxylic acids is 1. The lowest BCUT2D eigenvalue weighted by molar-refractivity contribution is -0.384. The van der Waals surface area contributed by atoms with Crippen LogP contribution in [0.5, 0.6) is 5.75 Å². The third kappa shape index (κ3) is 6.16. The molecule has 0 spiro atoms. The fraction of sp³-hybridized carbons (Fsp3) is 0.278. The first-order valence-corrected chi connectivity index (χ1v) is 10.1. The number of carbonyl (C=O) groups is 1. The van der Waals surface area contributed by atoms with Crippen LogP contribution < -0.4 is 20.1 Å². The molecule has 1 amide bonds. The van der Waals surface area contributed by atoms with E-state index in [0.29, 0.717) is 11.4 Å². The standard InChI is InChI=1S/C18H22N4O6S/c1-13(21-29(26,27)15-9-7-14(28-2)8-10-15)18(23)20-12-11-19-16-5-3-4-6-17(16)22(24)25/h3-10,13,19,21H,11-12H2,1-2H3,(H,20,23)/t13-/m0/s1. The first kappa shape index (κ1) is 22.1. The van der Waals surface area contributed by atoms with E-state index in [1.807, 2.05) is 0 Å². The van der Waals surface area contributed by atoms with Gasteiger partial charge in [0.1, 0.15) is 11.4 Å². The molecule has 29 heavy (non-hydrogen) atoms. The van der Waals surface area contributed by atoms with Gasteiger partial charge in [0, 0.05) is 19.2 Å². The number of nitrogens with one attached hydrogen (secondary N) is 3. The van der Waals surface area contributed by atoms with Crippen LogP contribution in [0, 0.1) is 10.1 Å². The molecule has 1 atom stereocenters. The molecular weight excluding hydrogens is 400 g/mol. The van der Waals surface area contributed by atoms with Crippen molar-refractivity contribution < 1.29 is 22.9 Å². The monoisotopic (exact) mass is 422 g/mol. The van der Waals surface area contributed by atoms with E-state index in [1.165, 1.54) is 44.4 Å². The molecule has 0 aliphatic carbocycles. The van der Waals surface area contributed by atoms with Crippen molar-refractivity contribution in [3.8, 4) is 5.75 Å². The fourth-order valence-corrected chi connectivity index (χ4v) is 3.63. The molecule has 0 saturated heterocycles. The van der Waals surface area contributed by atoms with Crippen molar-refractivity contribution >= 4 is 27.3 Å². The number of nitro benzene ring substituents is 1. The van der Waals surface area contributed by atoms with E-state index in [1.54, 1.807) is 18.2 Å². The summed E-state index contributed by atoms with van der Waals surface area (Å²) in [5, 5.41) is 16.4. The van der Waals surface area contributed by atoms with Gasteiger partial charge in [0.2, 0.25) is 15.9 Å². The zero-order valence-corrected chi connectivity index (χ0v) is 16.7. The van der Waals surface area contributed by atoms with E-state index in [0.717, 1.165) is 0 Å². The van der Waals surface area contributed by atoms with Gasteiger partial charge in [0.15, 0.2) is 0 Å². The normalized spacial score (nSPS) is 12.1. The summed E-state index contributed by atoms with van der Waals surface area (Å²) in [7, 11) is -2.40. The Labute approximate surface area is 168 Å². The van der Waals surface area contributed by atoms with E-state index in [9.17, 15) is 23.3 Å². The van der Waals surface area contributed by atoms with Crippen LogP contribution in [0.25, 0.3) is 0 Å². The molecule has 0 fully saturated rings. The van der Waals surface area contributed by atoms with Crippen molar-refractivity contribution in [3.63, 3.8) is 0 Å². The van der Waals surface area contributed by atoms with Gasteiger partial charge in [0.05, 0.1) is 23.0 Å². The molecule has 0 aliphatic heterocycles. The minimum Gasteiger partial charge on any atom is -0.497 e. The first-order chi connectivity index (χ1) is 13.7. The van der Waals surface area contributed by atoms with Crippen LogP contribution in [0.2, 0.25) is 0 Å². The van der Waals surface area contributed by atoms with Crippen LogP contribution in [0.15, 0.2) is 53.4 Å². The highest BCUT2D eigenvalue weighted by molar-refractivity contribution is 7.89. The molecular formula is C18H22N4O6S. The topological polar surface area (TPSA) is 140 Å². The largest absolute Gasteiger partial charge is 0.497 e. The summed E-state index contributed by atoms with van der Waals surface area (Å²) < 4.78 is 32.0. The number of methoxy groups -OCH3 is 1. The highest BCUT2D eigenvalue weighted by Crippen LogP contribution is 2.22. The summed E-state index contributed by atoms with van der Waals surface area (Å²) in [4.78, 5) is 22.6. The number of ether oxygens (including phenoxy) is 1. The predicted octanol–water partition coefficient (Wildman–Crippen LogP) is 1.50. The van der Waals surface area contributed by atoms with Crippen molar-refractivity contribution in [2.45, 2.75) is 17.9 Å². The molecule has 0 aromatic heterocycles. The minimum atomic E-state index is -3.88. The Morgan fingerprint density at radius 2 is 1.79 bits per heavy atom. The van der Waals surface area contributed by atoms with Crippen LogP contribution in [0.1, 0.15) is 6.92 Å². The maximum atomic E-state index is 12.4. The number of amides is 1. The molecule has 2 rings (SSSR count). The lowest BCUT2D eigenvalue weighted by Crippen LogP contribution is -2.45. The van der Waals surface area contributed by atoms with Gasteiger partial charge in [-0.1, -0.05) is 12.1 Å². The second-order valence-corrected chi connectivity index (χ2v) is 7.72. The Morgan fingerprint density at radius 3 is 2.41 bits per heavy atom. The van der Waals surface area contributed by atoms with Crippen molar-refractivity contribution in [1.29, 1.82) is 0 Å². The summed E-state index contributed by atoms with van der Waals surface area (Å²) in [6, 6.07) is 10.9. The third-order valence-electron chi connectivity index (χ3n) is 3.94. The second-order valence-electron chi connectivity index (χ2n) is 6.01. The number of anilines is 1. The molecule has 3 N–H and O–H groups in total. The van der Waals surface area contributed by atoms with E-state index in [2.05, 4.69) is 15.4 Å². The Bertz CT molecular complexity index is 963. The van der Waals surface area contributed by atoms with E-state index in [4.69, 9.17) is 4.74 Å². The summed E-state index contributed by atoms with van der Waals surface area (Å²) in [6.45, 7) is 1.81. The van der Waals surface area contributed by atoms with Gasteiger partial charge >= 0.3 is 0 Å². The van der Waals surface area contributed by atoms with Crippen LogP contribution in [0.3, 0.4) is 0 Å². The zero-order chi connectivity index (χ0) is 21.4. The van der Waals surface area contributed by atoms with Gasteiger partial charge in [-0.3, -0.25) is 14.9 Å². The Hall–Kier alpha value is -3.18. The van der Waals surface area contributed by atoms with Gasteiger partial charge in [0.25, 0.3) is 5.69 Å². The van der Waals surface area contributed by atoms with E-state index in [-0.39, 0.29) is 23.7 Å². The lowest BCUT2D eigenvalue weighted by atomic mass is 10.2. The van der Waals surface area contributed by atoms with Crippen LogP contribution in [0.4, 0.5) is 11.4 Å². The van der Waals surface area contributed by atoms with Gasteiger partial charge in [-0.05, 0) is 37.3 Å². The number of hydrogen-bond donors (Lipinski definition) is 3. The first-order valence-electron chi connectivity index (χ1n) is 8.66. The molecule has 0 saturated carbocycles. The van der Waals surface area contributed by atoms with E-state index < -0.39 is 26.9 Å². The van der Waals surface area contributed by atoms with Crippen LogP contribution in [-0.4, -0.2) is 45.5 Å². The molecule has 11 heteroatoms. The quantitative estimate of drug-likeness (QED) is 0.299. The smallest absolute Gasteiger partial charge is 0.292 e. The molecule has 0 heterocycles. The Balaban J connectivity index is 1.85. The van der Waals surface area contributed by atoms with Crippen LogP contribution >= 0.6 is 0 Å². The van der Waals surface area contributed by atoms with Gasteiger partial charge in [-0.25, -0.2) is 8.42 Å². The van der Waals surface area contributed by atoms with Crippen molar-refractivity contribution in [1.82, 2.24) is 10.0 Å². The molecule has 10 nitrogen and oxygen atoms in total. The second kappa shape index (κ2) is 9.85. The van der Waals surface area contributed by atoms with Crippen molar-refractivity contribution in [2.24, 2.45) is 0 Å². The molecule has 2 aromatic carbocycles. The summed E-state index contributed by atoms with van der Waals surface area (Å²) in [5.74, 6) is -0.00709. The van der Waals surface area contributed by atoms with Gasteiger partial charge in [-0.15, -0.1) is 0 Å². The van der Waals surface area contributed by atoms with Crippen LogP contribution in [-0.2, 0) is 14.8 Å². The maximum Gasteiger partial charge on any atom is 0.292 e. The molecule has 0 radical (unpaired) electrons. The van der Waals surface area contributed by atoms with Gasteiger partial charge in [-0.2, -0.15) is 4.72 Å². The SMILES string of the molecule is COc1ccc(S(=O)(=O)N[C@@H](C)C(=O)NCCNc2ccccc2[N+](=O)[O-])cc1. The summed E-state index contributed by atoms with van der Waals surface area (Å²) in [5.41, 5.74) is 0.263. The molecule has 0 bridgehead atoms. The van der Waals surface area contributed by atoms with E-state index >= 15 is 0 Å². The highest BCUT2D eigenvalue weighted by Gasteiger charge is 2.22. The Morgan fingerprint density at radius 1 is 1.14 bits per heavy atom. The zero-order valence-electron chi connectivity index (χ0n) is 15.9. The number of para-hydroxylation sites is 2. The predicted molar refractivity (Wildman–Crippen MR) is 107 cm³/mol. The maximum absolute atomic E-state index is 12.4. The average Bonchev–Trinajstić information content (AvgIpc) is 2.70. The number of hydrogen-bond acceptors (Lipinski definition) is 7. The fourth-order valence-electron chi connectivity index (χ4n) is 2.43. The number of rotatable bonds is 10. The van der Waals surface area contributed by atoms with Gasteiger partial charge < -0.3 is 15.4 Å². The summed E-state index contributed by atoms with van der Waals surface area (Å²) in [6.07, 6.45) is 0. The number of sulfonamides is 1. The minimum absolute atomic E-state index is 0.0102. The van der Waals surface area contributed by atoms with Crippen molar-refractivity contribution in [2.75, 3.05) is 25.5 Å². The number of nitro groups is 1. The third-order valence-corrected chi connectivity index (χ3v) is 5.49. The molecule has 156 valence electrons. The molecule has 0 unspecified atom stereocenters. The number of benzene rings is 2. The highest BCUT2D eigenvalue weighted by atomic mass is 32.2.